The highest BCUT2D eigenvalue weighted by Crippen LogP contribution is 2.34. The van der Waals surface area contributed by atoms with Crippen LogP contribution in [-0.2, 0) is 6.54 Å². The van der Waals surface area contributed by atoms with Gasteiger partial charge in [-0.15, -0.1) is 11.3 Å². The minimum absolute atomic E-state index is 0.568. The monoisotopic (exact) mass is 324 g/mol. The summed E-state index contributed by atoms with van der Waals surface area (Å²) in [6.45, 7) is 6.40. The van der Waals surface area contributed by atoms with Crippen LogP contribution in [0, 0.1) is 5.92 Å². The Bertz CT molecular complexity index is 577. The molecule has 4 heteroatoms. The molecule has 2 aromatic rings. The molecule has 0 aliphatic rings. The van der Waals surface area contributed by atoms with Gasteiger partial charge in [-0.2, -0.15) is 0 Å². The SMILES string of the molecule is CC(C)CC(CNCc1sc2ccccc2c1Cl)N(C)C. The summed E-state index contributed by atoms with van der Waals surface area (Å²) in [6, 6.07) is 8.91. The summed E-state index contributed by atoms with van der Waals surface area (Å²) in [4.78, 5) is 3.54. The smallest absolute Gasteiger partial charge is 0.0636 e. The van der Waals surface area contributed by atoms with Crippen molar-refractivity contribution >= 4 is 33.0 Å². The maximum absolute atomic E-state index is 6.48. The average molecular weight is 325 g/mol. The fraction of sp³-hybridized carbons (Fsp3) is 0.529. The molecule has 1 N–H and O–H groups in total. The molecule has 0 radical (unpaired) electrons. The van der Waals surface area contributed by atoms with Crippen molar-refractivity contribution in [1.82, 2.24) is 10.2 Å². The maximum atomic E-state index is 6.48. The molecule has 0 saturated carbocycles. The molecule has 0 spiro atoms. The van der Waals surface area contributed by atoms with Gasteiger partial charge in [0.05, 0.1) is 5.02 Å². The molecule has 0 aliphatic heterocycles. The first-order valence-corrected chi connectivity index (χ1v) is 8.71. The van der Waals surface area contributed by atoms with E-state index >= 15 is 0 Å². The number of fused-ring (bicyclic) bond motifs is 1. The van der Waals surface area contributed by atoms with Crippen LogP contribution < -0.4 is 5.32 Å². The van der Waals surface area contributed by atoms with Gasteiger partial charge in [-0.05, 0) is 32.5 Å². The predicted octanol–water partition coefficient (Wildman–Crippen LogP) is 4.62. The minimum Gasteiger partial charge on any atom is -0.310 e. The second kappa shape index (κ2) is 7.59. The lowest BCUT2D eigenvalue weighted by Crippen LogP contribution is -2.38. The Hall–Kier alpha value is -0.610. The van der Waals surface area contributed by atoms with Crippen molar-refractivity contribution in [3.05, 3.63) is 34.2 Å². The number of thiophene rings is 1. The highest BCUT2D eigenvalue weighted by molar-refractivity contribution is 7.19. The Kier molecular flexibility index (Phi) is 6.06. The normalized spacial score (nSPS) is 13.5. The van der Waals surface area contributed by atoms with Crippen molar-refractivity contribution in [2.45, 2.75) is 32.9 Å². The van der Waals surface area contributed by atoms with E-state index in [1.165, 1.54) is 21.4 Å². The molecule has 2 rings (SSSR count). The van der Waals surface area contributed by atoms with E-state index in [2.05, 4.69) is 56.4 Å². The molecule has 0 amide bonds. The van der Waals surface area contributed by atoms with Crippen molar-refractivity contribution in [3.63, 3.8) is 0 Å². The van der Waals surface area contributed by atoms with Gasteiger partial charge in [0.2, 0.25) is 0 Å². The average Bonchev–Trinajstić information content (AvgIpc) is 2.74. The number of rotatable bonds is 7. The molecular formula is C17H25ClN2S. The highest BCUT2D eigenvalue weighted by atomic mass is 35.5. The van der Waals surface area contributed by atoms with Gasteiger partial charge >= 0.3 is 0 Å². The van der Waals surface area contributed by atoms with Crippen LogP contribution in [0.25, 0.3) is 10.1 Å². The van der Waals surface area contributed by atoms with Crippen LogP contribution in [0.2, 0.25) is 5.02 Å². The lowest BCUT2D eigenvalue weighted by atomic mass is 10.0. The van der Waals surface area contributed by atoms with Crippen LogP contribution in [0.3, 0.4) is 0 Å². The van der Waals surface area contributed by atoms with Gasteiger partial charge in [-0.3, -0.25) is 0 Å². The molecule has 1 atom stereocenters. The first-order chi connectivity index (χ1) is 9.99. The third-order valence-corrected chi connectivity index (χ3v) is 5.46. The maximum Gasteiger partial charge on any atom is 0.0636 e. The van der Waals surface area contributed by atoms with Crippen LogP contribution in [0.15, 0.2) is 24.3 Å². The summed E-state index contributed by atoms with van der Waals surface area (Å²) >= 11 is 8.27. The second-order valence-corrected chi connectivity index (χ2v) is 7.73. The zero-order chi connectivity index (χ0) is 15.4. The van der Waals surface area contributed by atoms with Gasteiger partial charge in [0.1, 0.15) is 0 Å². The van der Waals surface area contributed by atoms with Crippen LogP contribution in [-0.4, -0.2) is 31.6 Å². The Morgan fingerprint density at radius 2 is 1.95 bits per heavy atom. The summed E-state index contributed by atoms with van der Waals surface area (Å²) in [5.41, 5.74) is 0. The number of likely N-dealkylation sites (N-methyl/N-ethyl adjacent to an activating group) is 1. The topological polar surface area (TPSA) is 15.3 Å². The summed E-state index contributed by atoms with van der Waals surface area (Å²) in [5.74, 6) is 0.715. The van der Waals surface area contributed by atoms with Crippen molar-refractivity contribution in [2.24, 2.45) is 5.92 Å². The molecule has 2 nitrogen and oxygen atoms in total. The number of halogens is 1. The van der Waals surface area contributed by atoms with Crippen molar-refractivity contribution < 1.29 is 0 Å². The zero-order valence-corrected chi connectivity index (χ0v) is 14.9. The predicted molar refractivity (Wildman–Crippen MR) is 95.5 cm³/mol. The van der Waals surface area contributed by atoms with Gasteiger partial charge in [-0.1, -0.05) is 43.6 Å². The van der Waals surface area contributed by atoms with Crippen molar-refractivity contribution in [1.29, 1.82) is 0 Å². The standard InChI is InChI=1S/C17H25ClN2S/c1-12(2)9-13(20(3)4)10-19-11-16-17(18)14-7-5-6-8-15(14)21-16/h5-8,12-13,19H,9-11H2,1-4H3. The van der Waals surface area contributed by atoms with Gasteiger partial charge in [0.15, 0.2) is 0 Å². The Balaban J connectivity index is 1.96. The molecule has 0 fully saturated rings. The Morgan fingerprint density at radius 1 is 1.24 bits per heavy atom. The van der Waals surface area contributed by atoms with Crippen molar-refractivity contribution in [2.75, 3.05) is 20.6 Å². The van der Waals surface area contributed by atoms with E-state index in [1.54, 1.807) is 11.3 Å². The molecule has 21 heavy (non-hydrogen) atoms. The summed E-state index contributed by atoms with van der Waals surface area (Å²) < 4.78 is 1.27. The van der Waals surface area contributed by atoms with E-state index in [0.717, 1.165) is 18.1 Å². The second-order valence-electron chi connectivity index (χ2n) is 6.21. The highest BCUT2D eigenvalue weighted by Gasteiger charge is 2.14. The molecule has 116 valence electrons. The van der Waals surface area contributed by atoms with Crippen LogP contribution in [0.4, 0.5) is 0 Å². The fourth-order valence-corrected chi connectivity index (χ4v) is 4.02. The number of benzene rings is 1. The Labute approximate surface area is 137 Å². The molecular weight excluding hydrogens is 300 g/mol. The fourth-order valence-electron chi connectivity index (χ4n) is 2.55. The van der Waals surface area contributed by atoms with E-state index in [9.17, 15) is 0 Å². The summed E-state index contributed by atoms with van der Waals surface area (Å²) in [5, 5.41) is 5.66. The number of hydrogen-bond acceptors (Lipinski definition) is 3. The van der Waals surface area contributed by atoms with E-state index in [0.29, 0.717) is 12.0 Å². The third kappa shape index (κ3) is 4.43. The van der Waals surface area contributed by atoms with Crippen LogP contribution in [0.1, 0.15) is 25.1 Å². The third-order valence-electron chi connectivity index (χ3n) is 3.74. The molecule has 0 saturated heterocycles. The van der Waals surface area contributed by atoms with Crippen LogP contribution >= 0.6 is 22.9 Å². The molecule has 1 unspecified atom stereocenters. The van der Waals surface area contributed by atoms with Crippen molar-refractivity contribution in [3.8, 4) is 0 Å². The Morgan fingerprint density at radius 3 is 2.57 bits per heavy atom. The number of nitrogens with zero attached hydrogens (tertiary/aromatic N) is 1. The van der Waals surface area contributed by atoms with Gasteiger partial charge in [0.25, 0.3) is 0 Å². The lowest BCUT2D eigenvalue weighted by molar-refractivity contribution is 0.247. The number of nitrogens with one attached hydrogen (secondary N) is 1. The minimum atomic E-state index is 0.568. The van der Waals surface area contributed by atoms with Gasteiger partial charge in [-0.25, -0.2) is 0 Å². The summed E-state index contributed by atoms with van der Waals surface area (Å²) in [6.07, 6.45) is 1.21. The molecule has 0 bridgehead atoms. The molecule has 1 aromatic heterocycles. The van der Waals surface area contributed by atoms with E-state index in [4.69, 9.17) is 11.6 Å². The molecule has 0 aliphatic carbocycles. The molecule has 1 aromatic carbocycles. The molecule has 1 heterocycles. The first kappa shape index (κ1) is 16.8. The van der Waals surface area contributed by atoms with E-state index < -0.39 is 0 Å². The zero-order valence-electron chi connectivity index (χ0n) is 13.3. The number of hydrogen-bond donors (Lipinski definition) is 1. The van der Waals surface area contributed by atoms with E-state index in [-0.39, 0.29) is 0 Å². The quantitative estimate of drug-likeness (QED) is 0.799. The van der Waals surface area contributed by atoms with Gasteiger partial charge < -0.3 is 10.2 Å². The lowest BCUT2D eigenvalue weighted by Gasteiger charge is -2.26. The largest absolute Gasteiger partial charge is 0.310 e. The summed E-state index contributed by atoms with van der Waals surface area (Å²) in [7, 11) is 4.31. The first-order valence-electron chi connectivity index (χ1n) is 7.52. The van der Waals surface area contributed by atoms with Gasteiger partial charge in [0, 0.05) is 34.1 Å². The van der Waals surface area contributed by atoms with Crippen LogP contribution in [0.5, 0.6) is 0 Å². The van der Waals surface area contributed by atoms with E-state index in [1.807, 2.05) is 6.07 Å².